The summed E-state index contributed by atoms with van der Waals surface area (Å²) in [7, 11) is 0. The van der Waals surface area contributed by atoms with Crippen LogP contribution in [-0.2, 0) is 11.2 Å². The Balaban J connectivity index is 2.19. The molecule has 0 aromatic heterocycles. The van der Waals surface area contributed by atoms with Gasteiger partial charge in [-0.3, -0.25) is 9.59 Å². The monoisotopic (exact) mass is 220 g/mol. The molecule has 0 fully saturated rings. The first-order valence-electron chi connectivity index (χ1n) is 5.09. The van der Waals surface area contributed by atoms with E-state index in [0.29, 0.717) is 17.7 Å². The third-order valence-corrected chi connectivity index (χ3v) is 2.67. The Bertz CT molecular complexity index is 450. The Labute approximate surface area is 92.8 Å². The number of rotatable bonds is 3. The molecule has 4 nitrogen and oxygen atoms in total. The normalized spacial score (nSPS) is 15.4. The summed E-state index contributed by atoms with van der Waals surface area (Å²) in [5.41, 5.74) is 1.47. The van der Waals surface area contributed by atoms with Gasteiger partial charge in [-0.1, -0.05) is 13.0 Å². The lowest BCUT2D eigenvalue weighted by atomic mass is 9.99. The highest BCUT2D eigenvalue weighted by Crippen LogP contribution is 2.27. The Morgan fingerprint density at radius 2 is 2.31 bits per heavy atom. The summed E-state index contributed by atoms with van der Waals surface area (Å²) in [6, 6.07) is 5.24. The van der Waals surface area contributed by atoms with Crippen molar-refractivity contribution in [3.63, 3.8) is 0 Å². The second-order valence-electron chi connectivity index (χ2n) is 3.99. The second kappa shape index (κ2) is 3.96. The summed E-state index contributed by atoms with van der Waals surface area (Å²) in [6.45, 7) is 1.74. The lowest BCUT2D eigenvalue weighted by Gasteiger charge is -2.07. The molecule has 0 saturated carbocycles. The molecule has 0 amide bonds. The number of carboxylic acid groups (broad SMARTS) is 1. The molecule has 1 N–H and O–H groups in total. The average Bonchev–Trinajstić information content (AvgIpc) is 2.60. The molecule has 1 aromatic carbocycles. The number of fused-ring (bicyclic) bond motifs is 1. The van der Waals surface area contributed by atoms with Crippen molar-refractivity contribution in [2.75, 3.05) is 6.61 Å². The van der Waals surface area contributed by atoms with E-state index in [1.807, 2.05) is 0 Å². The average molecular weight is 220 g/mol. The predicted octanol–water partition coefficient (Wildman–Crippen LogP) is 1.52. The van der Waals surface area contributed by atoms with Gasteiger partial charge in [0.15, 0.2) is 6.61 Å². The molecule has 0 radical (unpaired) electrons. The van der Waals surface area contributed by atoms with Crippen LogP contribution in [0, 0.1) is 5.92 Å². The Hall–Kier alpha value is -1.84. The molecular weight excluding hydrogens is 208 g/mol. The van der Waals surface area contributed by atoms with Crippen LogP contribution in [0.5, 0.6) is 5.75 Å². The molecule has 0 saturated heterocycles. The van der Waals surface area contributed by atoms with Gasteiger partial charge in [0, 0.05) is 0 Å². The highest BCUT2D eigenvalue weighted by atomic mass is 16.5. The molecule has 2 rings (SSSR count). The topological polar surface area (TPSA) is 63.6 Å². The van der Waals surface area contributed by atoms with Crippen LogP contribution in [0.2, 0.25) is 0 Å². The minimum Gasteiger partial charge on any atom is -0.485 e. The standard InChI is InChI=1S/C12H12O4/c1-7(12(14)15)4-8-2-3-9-10(13)6-16-11(9)5-8/h2-3,5,7H,4,6H2,1H3,(H,14,15)/t7-/m0/s1. The first-order chi connectivity index (χ1) is 7.58. The van der Waals surface area contributed by atoms with E-state index in [2.05, 4.69) is 0 Å². The summed E-state index contributed by atoms with van der Waals surface area (Å²) in [5.74, 6) is -0.708. The van der Waals surface area contributed by atoms with E-state index in [1.54, 1.807) is 25.1 Å². The Kier molecular flexibility index (Phi) is 2.64. The first-order valence-corrected chi connectivity index (χ1v) is 5.09. The van der Waals surface area contributed by atoms with Crippen molar-refractivity contribution in [3.05, 3.63) is 29.3 Å². The van der Waals surface area contributed by atoms with Crippen molar-refractivity contribution < 1.29 is 19.4 Å². The van der Waals surface area contributed by atoms with Crippen molar-refractivity contribution in [2.45, 2.75) is 13.3 Å². The maximum Gasteiger partial charge on any atom is 0.306 e. The summed E-state index contributed by atoms with van der Waals surface area (Å²) in [6.07, 6.45) is 0.445. The fourth-order valence-electron chi connectivity index (χ4n) is 1.71. The van der Waals surface area contributed by atoms with E-state index < -0.39 is 11.9 Å². The fourth-order valence-corrected chi connectivity index (χ4v) is 1.71. The molecule has 1 aliphatic rings. The molecule has 0 aliphatic carbocycles. The van der Waals surface area contributed by atoms with Crippen LogP contribution < -0.4 is 4.74 Å². The van der Waals surface area contributed by atoms with E-state index in [4.69, 9.17) is 9.84 Å². The first kappa shape index (κ1) is 10.7. The van der Waals surface area contributed by atoms with E-state index in [9.17, 15) is 9.59 Å². The van der Waals surface area contributed by atoms with Crippen molar-refractivity contribution >= 4 is 11.8 Å². The van der Waals surface area contributed by atoms with Crippen molar-refractivity contribution in [2.24, 2.45) is 5.92 Å². The largest absolute Gasteiger partial charge is 0.485 e. The van der Waals surface area contributed by atoms with Gasteiger partial charge in [-0.25, -0.2) is 0 Å². The van der Waals surface area contributed by atoms with Crippen molar-refractivity contribution in [1.82, 2.24) is 0 Å². The van der Waals surface area contributed by atoms with Crippen LogP contribution in [0.15, 0.2) is 18.2 Å². The van der Waals surface area contributed by atoms with Gasteiger partial charge in [0.05, 0.1) is 11.5 Å². The SMILES string of the molecule is C[C@@H](Cc1ccc2c(c1)OCC2=O)C(=O)O. The number of aliphatic carboxylic acids is 1. The van der Waals surface area contributed by atoms with E-state index in [1.165, 1.54) is 0 Å². The van der Waals surface area contributed by atoms with Gasteiger partial charge >= 0.3 is 5.97 Å². The van der Waals surface area contributed by atoms with Gasteiger partial charge in [0.25, 0.3) is 0 Å². The van der Waals surface area contributed by atoms with Crippen LogP contribution in [0.25, 0.3) is 0 Å². The van der Waals surface area contributed by atoms with Gasteiger partial charge in [0.2, 0.25) is 5.78 Å². The number of Topliss-reactive ketones (excluding diaryl/α,β-unsaturated/α-hetero) is 1. The number of ether oxygens (including phenoxy) is 1. The van der Waals surface area contributed by atoms with Crippen LogP contribution in [0.4, 0.5) is 0 Å². The molecular formula is C12H12O4. The zero-order valence-electron chi connectivity index (χ0n) is 8.90. The number of hydrogen-bond acceptors (Lipinski definition) is 3. The maximum atomic E-state index is 11.3. The lowest BCUT2D eigenvalue weighted by Crippen LogP contribution is -2.12. The third kappa shape index (κ3) is 1.91. The second-order valence-corrected chi connectivity index (χ2v) is 3.99. The molecule has 84 valence electrons. The van der Waals surface area contributed by atoms with E-state index >= 15 is 0 Å². The molecule has 4 heteroatoms. The number of ketones is 1. The summed E-state index contributed by atoms with van der Waals surface area (Å²) >= 11 is 0. The maximum absolute atomic E-state index is 11.3. The van der Waals surface area contributed by atoms with Crippen molar-refractivity contribution in [1.29, 1.82) is 0 Å². The Morgan fingerprint density at radius 3 is 3.00 bits per heavy atom. The smallest absolute Gasteiger partial charge is 0.306 e. The number of carboxylic acids is 1. The quantitative estimate of drug-likeness (QED) is 0.838. The van der Waals surface area contributed by atoms with Gasteiger partial charge in [0.1, 0.15) is 5.75 Å². The number of carbonyl (C=O) groups excluding carboxylic acids is 1. The van der Waals surface area contributed by atoms with Gasteiger partial charge in [-0.05, 0) is 24.1 Å². The molecule has 1 atom stereocenters. The summed E-state index contributed by atoms with van der Waals surface area (Å²) in [5, 5.41) is 8.79. The molecule has 1 aliphatic heterocycles. The van der Waals surface area contributed by atoms with Crippen LogP contribution >= 0.6 is 0 Å². The van der Waals surface area contributed by atoms with E-state index in [-0.39, 0.29) is 12.4 Å². The minimum absolute atomic E-state index is 0.0205. The van der Waals surface area contributed by atoms with E-state index in [0.717, 1.165) is 5.56 Å². The highest BCUT2D eigenvalue weighted by Gasteiger charge is 2.21. The van der Waals surface area contributed by atoms with Gasteiger partial charge < -0.3 is 9.84 Å². The molecule has 16 heavy (non-hydrogen) atoms. The molecule has 1 heterocycles. The summed E-state index contributed by atoms with van der Waals surface area (Å²) < 4.78 is 5.20. The van der Waals surface area contributed by atoms with Crippen LogP contribution in [0.3, 0.4) is 0 Å². The number of carbonyl (C=O) groups is 2. The van der Waals surface area contributed by atoms with Crippen molar-refractivity contribution in [3.8, 4) is 5.75 Å². The lowest BCUT2D eigenvalue weighted by molar-refractivity contribution is -0.141. The highest BCUT2D eigenvalue weighted by molar-refractivity contribution is 6.02. The Morgan fingerprint density at radius 1 is 1.56 bits per heavy atom. The fraction of sp³-hybridized carbons (Fsp3) is 0.333. The molecule has 0 spiro atoms. The third-order valence-electron chi connectivity index (χ3n) is 2.67. The zero-order valence-corrected chi connectivity index (χ0v) is 8.90. The summed E-state index contributed by atoms with van der Waals surface area (Å²) in [4.78, 5) is 22.0. The van der Waals surface area contributed by atoms with Gasteiger partial charge in [-0.2, -0.15) is 0 Å². The molecule has 0 bridgehead atoms. The van der Waals surface area contributed by atoms with Crippen LogP contribution in [-0.4, -0.2) is 23.5 Å². The molecule has 0 unspecified atom stereocenters. The van der Waals surface area contributed by atoms with Crippen LogP contribution in [0.1, 0.15) is 22.8 Å². The molecule has 1 aromatic rings. The van der Waals surface area contributed by atoms with Gasteiger partial charge in [-0.15, -0.1) is 0 Å². The zero-order chi connectivity index (χ0) is 11.7. The predicted molar refractivity (Wildman–Crippen MR) is 56.8 cm³/mol. The number of benzene rings is 1. The number of hydrogen-bond donors (Lipinski definition) is 1. The minimum atomic E-state index is -0.822.